The molecule has 0 aromatic carbocycles. The number of amides is 1. The highest BCUT2D eigenvalue weighted by Crippen LogP contribution is 1.91. The zero-order valence-electron chi connectivity index (χ0n) is 9.60. The molecule has 0 aromatic heterocycles. The minimum atomic E-state index is -3.99. The first-order valence-corrected chi connectivity index (χ1v) is 6.41. The van der Waals surface area contributed by atoms with Crippen molar-refractivity contribution in [3.05, 3.63) is 0 Å². The van der Waals surface area contributed by atoms with Crippen LogP contribution in [0.2, 0.25) is 0 Å². The Kier molecular flexibility index (Phi) is 6.51. The van der Waals surface area contributed by atoms with E-state index in [0.29, 0.717) is 0 Å². The van der Waals surface area contributed by atoms with Crippen molar-refractivity contribution >= 4 is 22.3 Å². The molecule has 0 atom stereocenters. The van der Waals surface area contributed by atoms with Crippen molar-refractivity contribution in [1.82, 2.24) is 9.44 Å². The number of rotatable bonds is 7. The van der Waals surface area contributed by atoms with Crippen LogP contribution in [0.25, 0.3) is 0 Å². The van der Waals surface area contributed by atoms with Gasteiger partial charge in [0.15, 0.2) is 0 Å². The molecule has 0 saturated heterocycles. The van der Waals surface area contributed by atoms with Gasteiger partial charge in [-0.15, -0.1) is 0 Å². The highest BCUT2D eigenvalue weighted by Gasteiger charge is 2.15. The first-order chi connectivity index (χ1) is 7.73. The molecule has 1 amide bonds. The average Bonchev–Trinajstić information content (AvgIpc) is 2.09. The predicted molar refractivity (Wildman–Crippen MR) is 58.5 cm³/mol. The molecule has 0 bridgehead atoms. The van der Waals surface area contributed by atoms with Gasteiger partial charge in [-0.3, -0.25) is 4.79 Å². The fourth-order valence-electron chi connectivity index (χ4n) is 0.830. The van der Waals surface area contributed by atoms with Gasteiger partial charge in [-0.05, 0) is 20.3 Å². The molecule has 0 heterocycles. The minimum Gasteiger partial charge on any atom is -0.481 e. The van der Waals surface area contributed by atoms with Crippen LogP contribution >= 0.6 is 0 Å². The van der Waals surface area contributed by atoms with Crippen LogP contribution in [0.4, 0.5) is 4.79 Å². The molecule has 3 N–H and O–H groups in total. The third-order valence-electron chi connectivity index (χ3n) is 1.42. The van der Waals surface area contributed by atoms with Crippen LogP contribution in [-0.2, 0) is 19.7 Å². The Morgan fingerprint density at radius 1 is 1.35 bits per heavy atom. The smallest absolute Gasteiger partial charge is 0.422 e. The molecule has 9 heteroatoms. The summed E-state index contributed by atoms with van der Waals surface area (Å²) >= 11 is 0. The predicted octanol–water partition coefficient (Wildman–Crippen LogP) is -0.180. The molecule has 0 fully saturated rings. The summed E-state index contributed by atoms with van der Waals surface area (Å²) in [6, 6.07) is 0. The monoisotopic (exact) mass is 268 g/mol. The van der Waals surface area contributed by atoms with Gasteiger partial charge < -0.3 is 9.84 Å². The van der Waals surface area contributed by atoms with E-state index in [2.05, 4.69) is 4.74 Å². The second-order valence-corrected chi connectivity index (χ2v) is 4.95. The zero-order valence-corrected chi connectivity index (χ0v) is 10.4. The fraction of sp³-hybridized carbons (Fsp3) is 0.750. The van der Waals surface area contributed by atoms with Crippen LogP contribution < -0.4 is 9.44 Å². The molecule has 0 unspecified atom stereocenters. The average molecular weight is 268 g/mol. The molecule has 0 aromatic rings. The van der Waals surface area contributed by atoms with Gasteiger partial charge in [-0.25, -0.2) is 9.52 Å². The zero-order chi connectivity index (χ0) is 13.5. The standard InChI is InChI=1S/C8H16N2O6S/c1-6(2)16-8(13)10-17(14,15)9-5-3-4-7(11)12/h6,9H,3-5H2,1-2H3,(H,10,13)(H,11,12). The van der Waals surface area contributed by atoms with Gasteiger partial charge in [0.25, 0.3) is 0 Å². The fourth-order valence-corrected chi connectivity index (χ4v) is 1.58. The van der Waals surface area contributed by atoms with E-state index in [1.807, 2.05) is 4.72 Å². The van der Waals surface area contributed by atoms with Gasteiger partial charge in [-0.1, -0.05) is 0 Å². The lowest BCUT2D eigenvalue weighted by atomic mass is 10.3. The molecule has 0 spiro atoms. The first kappa shape index (κ1) is 15.7. The molecule has 0 rings (SSSR count). The maximum atomic E-state index is 11.2. The van der Waals surface area contributed by atoms with Gasteiger partial charge in [-0.2, -0.15) is 13.1 Å². The summed E-state index contributed by atoms with van der Waals surface area (Å²) in [6.07, 6.45) is -1.53. The van der Waals surface area contributed by atoms with Gasteiger partial charge in [0.05, 0.1) is 6.10 Å². The van der Waals surface area contributed by atoms with Crippen molar-refractivity contribution in [1.29, 1.82) is 0 Å². The molecular formula is C8H16N2O6S. The van der Waals surface area contributed by atoms with Crippen molar-refractivity contribution in [2.24, 2.45) is 0 Å². The summed E-state index contributed by atoms with van der Waals surface area (Å²) in [5, 5.41) is 8.32. The number of nitrogens with one attached hydrogen (secondary N) is 2. The van der Waals surface area contributed by atoms with E-state index < -0.39 is 28.4 Å². The Balaban J connectivity index is 3.96. The van der Waals surface area contributed by atoms with Crippen molar-refractivity contribution in [2.45, 2.75) is 32.8 Å². The quantitative estimate of drug-likeness (QED) is 0.550. The summed E-state index contributed by atoms with van der Waals surface area (Å²) in [6.45, 7) is 3.08. The Morgan fingerprint density at radius 2 is 1.94 bits per heavy atom. The molecule has 17 heavy (non-hydrogen) atoms. The topological polar surface area (TPSA) is 122 Å². The van der Waals surface area contributed by atoms with E-state index in [4.69, 9.17) is 5.11 Å². The van der Waals surface area contributed by atoms with Crippen LogP contribution in [0.5, 0.6) is 0 Å². The van der Waals surface area contributed by atoms with Crippen molar-refractivity contribution in [2.75, 3.05) is 6.54 Å². The molecule has 0 aliphatic rings. The molecular weight excluding hydrogens is 252 g/mol. The summed E-state index contributed by atoms with van der Waals surface area (Å²) in [5.74, 6) is -1.02. The lowest BCUT2D eigenvalue weighted by Crippen LogP contribution is -2.41. The molecule has 0 aliphatic heterocycles. The van der Waals surface area contributed by atoms with Crippen molar-refractivity contribution < 1.29 is 27.9 Å². The van der Waals surface area contributed by atoms with Crippen molar-refractivity contribution in [3.63, 3.8) is 0 Å². The second kappa shape index (κ2) is 7.07. The van der Waals surface area contributed by atoms with Gasteiger partial charge in [0.1, 0.15) is 0 Å². The second-order valence-electron chi connectivity index (χ2n) is 3.45. The normalized spacial score (nSPS) is 11.2. The van der Waals surface area contributed by atoms with E-state index in [-0.39, 0.29) is 19.4 Å². The number of aliphatic carboxylic acids is 1. The Bertz CT molecular complexity index is 364. The molecule has 100 valence electrons. The Morgan fingerprint density at radius 3 is 2.41 bits per heavy atom. The maximum Gasteiger partial charge on any atom is 0.422 e. The summed E-state index contributed by atoms with van der Waals surface area (Å²) < 4.78 is 30.6. The van der Waals surface area contributed by atoms with E-state index in [1.54, 1.807) is 18.6 Å². The number of ether oxygens (including phenoxy) is 1. The van der Waals surface area contributed by atoms with E-state index in [0.717, 1.165) is 0 Å². The molecule has 0 radical (unpaired) electrons. The number of carbonyl (C=O) groups excluding carboxylic acids is 1. The summed E-state index contributed by atoms with van der Waals surface area (Å²) in [4.78, 5) is 21.1. The molecule has 0 aliphatic carbocycles. The number of hydrogen-bond donors (Lipinski definition) is 3. The van der Waals surface area contributed by atoms with Gasteiger partial charge >= 0.3 is 22.3 Å². The van der Waals surface area contributed by atoms with E-state index in [1.165, 1.54) is 0 Å². The Labute approximate surface area is 99.5 Å². The largest absolute Gasteiger partial charge is 0.481 e. The Hall–Kier alpha value is -1.35. The molecule has 0 saturated carbocycles. The van der Waals surface area contributed by atoms with Gasteiger partial charge in [0, 0.05) is 13.0 Å². The third kappa shape index (κ3) is 9.57. The summed E-state index contributed by atoms with van der Waals surface area (Å²) in [7, 11) is -3.99. The maximum absolute atomic E-state index is 11.2. The highest BCUT2D eigenvalue weighted by molar-refractivity contribution is 7.88. The first-order valence-electron chi connectivity index (χ1n) is 4.93. The number of hydrogen-bond acceptors (Lipinski definition) is 5. The van der Waals surface area contributed by atoms with Gasteiger partial charge in [0.2, 0.25) is 0 Å². The highest BCUT2D eigenvalue weighted by atomic mass is 32.2. The van der Waals surface area contributed by atoms with E-state index in [9.17, 15) is 18.0 Å². The van der Waals surface area contributed by atoms with Crippen LogP contribution in [0, 0.1) is 0 Å². The van der Waals surface area contributed by atoms with Crippen molar-refractivity contribution in [3.8, 4) is 0 Å². The summed E-state index contributed by atoms with van der Waals surface area (Å²) in [5.41, 5.74) is 0. The lowest BCUT2D eigenvalue weighted by Gasteiger charge is -2.10. The number of carboxylic acids is 1. The number of carboxylic acid groups (broad SMARTS) is 1. The third-order valence-corrected chi connectivity index (χ3v) is 2.44. The van der Waals surface area contributed by atoms with E-state index >= 15 is 0 Å². The SMILES string of the molecule is CC(C)OC(=O)NS(=O)(=O)NCCCC(=O)O. The van der Waals surface area contributed by atoms with Crippen LogP contribution in [0.15, 0.2) is 0 Å². The van der Waals surface area contributed by atoms with Crippen LogP contribution in [0.3, 0.4) is 0 Å². The number of carbonyl (C=O) groups is 2. The molecule has 8 nitrogen and oxygen atoms in total. The minimum absolute atomic E-state index is 0.0728. The lowest BCUT2D eigenvalue weighted by molar-refractivity contribution is -0.137. The van der Waals surface area contributed by atoms with Crippen LogP contribution in [0.1, 0.15) is 26.7 Å². The van der Waals surface area contributed by atoms with Crippen LogP contribution in [-0.4, -0.2) is 38.2 Å².